The van der Waals surface area contributed by atoms with Crippen molar-refractivity contribution in [3.63, 3.8) is 0 Å². The van der Waals surface area contributed by atoms with Gasteiger partial charge in [-0.25, -0.2) is 0 Å². The third-order valence-corrected chi connectivity index (χ3v) is 6.13. The Morgan fingerprint density at radius 3 is 1.55 bits per heavy atom. The van der Waals surface area contributed by atoms with E-state index in [1.54, 1.807) is 0 Å². The Hall–Kier alpha value is 1.20. The molecule has 0 fully saturated rings. The Bertz CT molecular complexity index is 253. The second-order valence-electron chi connectivity index (χ2n) is 1.95. The lowest BCUT2D eigenvalue weighted by atomic mass is 10.7. The van der Waals surface area contributed by atoms with Crippen molar-refractivity contribution >= 4 is 63.7 Å². The number of nitrogens with zero attached hydrogens (tertiary/aromatic N) is 1. The minimum Gasteiger partial charge on any atom is -0.328 e. The number of halogens is 4. The van der Waals surface area contributed by atoms with Gasteiger partial charge in [0.05, 0.1) is 8.95 Å². The van der Waals surface area contributed by atoms with Gasteiger partial charge in [-0.3, -0.25) is 0 Å². The highest BCUT2D eigenvalue weighted by Crippen LogP contribution is 2.39. The van der Waals surface area contributed by atoms with Gasteiger partial charge in [0.1, 0.15) is 9.21 Å². The van der Waals surface area contributed by atoms with Gasteiger partial charge in [0.2, 0.25) is 0 Å². The molecule has 0 aliphatic carbocycles. The molecule has 62 valence electrons. The van der Waals surface area contributed by atoms with Crippen molar-refractivity contribution in [2.75, 3.05) is 0 Å². The summed E-state index contributed by atoms with van der Waals surface area (Å²) in [5.74, 6) is 0. The molecule has 0 aromatic carbocycles. The number of hydrogen-bond donors (Lipinski definition) is 0. The van der Waals surface area contributed by atoms with E-state index >= 15 is 0 Å². The molecule has 11 heavy (non-hydrogen) atoms. The van der Waals surface area contributed by atoms with Gasteiger partial charge in [0.15, 0.2) is 0 Å². The van der Waals surface area contributed by atoms with E-state index in [1.165, 1.54) is 0 Å². The highest BCUT2D eigenvalue weighted by Gasteiger charge is 2.14. The fourth-order valence-corrected chi connectivity index (χ4v) is 3.61. The minimum atomic E-state index is 0.936. The quantitative estimate of drug-likeness (QED) is 0.640. The second kappa shape index (κ2) is 3.94. The average Bonchev–Trinajstić information content (AvgIpc) is 2.17. The van der Waals surface area contributed by atoms with Crippen LogP contribution in [-0.4, -0.2) is 4.57 Å². The van der Waals surface area contributed by atoms with Crippen molar-refractivity contribution in [2.45, 2.75) is 13.5 Å². The van der Waals surface area contributed by atoms with Crippen LogP contribution in [0.4, 0.5) is 0 Å². The lowest BCUT2D eigenvalue weighted by Gasteiger charge is -2.00. The van der Waals surface area contributed by atoms with Crippen LogP contribution in [0.25, 0.3) is 0 Å². The zero-order chi connectivity index (χ0) is 8.59. The van der Waals surface area contributed by atoms with Gasteiger partial charge in [-0.1, -0.05) is 0 Å². The smallest absolute Gasteiger partial charge is 0.101 e. The predicted molar refractivity (Wildman–Crippen MR) is 60.9 cm³/mol. The van der Waals surface area contributed by atoms with E-state index in [0.29, 0.717) is 0 Å². The molecular weight excluding hydrogens is 406 g/mol. The molecule has 0 atom stereocenters. The highest BCUT2D eigenvalue weighted by molar-refractivity contribution is 9.15. The summed E-state index contributed by atoms with van der Waals surface area (Å²) in [4.78, 5) is 0. The summed E-state index contributed by atoms with van der Waals surface area (Å²) in [6, 6.07) is 0. The molecule has 1 aromatic rings. The van der Waals surface area contributed by atoms with Gasteiger partial charge < -0.3 is 4.57 Å². The van der Waals surface area contributed by atoms with Crippen LogP contribution in [-0.2, 0) is 6.54 Å². The van der Waals surface area contributed by atoms with Crippen LogP contribution in [0.3, 0.4) is 0 Å². The Labute approximate surface area is 99.1 Å². The highest BCUT2D eigenvalue weighted by atomic mass is 79.9. The maximum atomic E-state index is 3.47. The van der Waals surface area contributed by atoms with Crippen molar-refractivity contribution in [3.05, 3.63) is 18.2 Å². The van der Waals surface area contributed by atoms with Gasteiger partial charge in [-0.05, 0) is 70.6 Å². The molecule has 0 amide bonds. The van der Waals surface area contributed by atoms with E-state index < -0.39 is 0 Å². The lowest BCUT2D eigenvalue weighted by Crippen LogP contribution is -1.93. The van der Waals surface area contributed by atoms with Crippen molar-refractivity contribution in [1.29, 1.82) is 0 Å². The fourth-order valence-electron chi connectivity index (χ4n) is 0.782. The first-order valence-corrected chi connectivity index (χ1v) is 6.15. The largest absolute Gasteiger partial charge is 0.328 e. The van der Waals surface area contributed by atoms with Crippen molar-refractivity contribution in [3.8, 4) is 0 Å². The molecule has 0 spiro atoms. The first kappa shape index (κ1) is 10.3. The Morgan fingerprint density at radius 2 is 1.36 bits per heavy atom. The van der Waals surface area contributed by atoms with Crippen LogP contribution in [0.15, 0.2) is 18.2 Å². The van der Waals surface area contributed by atoms with Crippen molar-refractivity contribution in [2.24, 2.45) is 0 Å². The standard InChI is InChI=1S/C6H5Br4N/c1-2-11-5(9)3(7)4(8)6(11)10/h2H2,1H3. The topological polar surface area (TPSA) is 4.93 Å². The van der Waals surface area contributed by atoms with Crippen LogP contribution < -0.4 is 0 Å². The minimum absolute atomic E-state index is 0.936. The van der Waals surface area contributed by atoms with E-state index in [2.05, 4.69) is 75.2 Å². The Kier molecular flexibility index (Phi) is 3.68. The maximum absolute atomic E-state index is 3.47. The molecule has 1 heterocycles. The van der Waals surface area contributed by atoms with Gasteiger partial charge in [0, 0.05) is 6.54 Å². The lowest BCUT2D eigenvalue weighted by molar-refractivity contribution is 0.733. The van der Waals surface area contributed by atoms with E-state index in [0.717, 1.165) is 24.7 Å². The van der Waals surface area contributed by atoms with E-state index in [1.807, 2.05) is 0 Å². The summed E-state index contributed by atoms with van der Waals surface area (Å²) >= 11 is 13.8. The summed E-state index contributed by atoms with van der Waals surface area (Å²) < 4.78 is 6.31. The third kappa shape index (κ3) is 1.76. The molecule has 0 bridgehead atoms. The molecule has 0 aliphatic heterocycles. The van der Waals surface area contributed by atoms with Gasteiger partial charge in [0.25, 0.3) is 0 Å². The summed E-state index contributed by atoms with van der Waals surface area (Å²) in [5, 5.41) is 0. The van der Waals surface area contributed by atoms with Gasteiger partial charge >= 0.3 is 0 Å². The molecule has 1 nitrogen and oxygen atoms in total. The van der Waals surface area contributed by atoms with Crippen LogP contribution in [0.1, 0.15) is 6.92 Å². The molecule has 5 heteroatoms. The van der Waals surface area contributed by atoms with Crippen LogP contribution in [0, 0.1) is 0 Å². The number of aromatic nitrogens is 1. The third-order valence-electron chi connectivity index (χ3n) is 1.35. The van der Waals surface area contributed by atoms with Crippen LogP contribution >= 0.6 is 63.7 Å². The predicted octanol–water partition coefficient (Wildman–Crippen LogP) is 4.56. The normalized spacial score (nSPS) is 10.6. The van der Waals surface area contributed by atoms with Gasteiger partial charge in [-0.2, -0.15) is 0 Å². The van der Waals surface area contributed by atoms with E-state index in [4.69, 9.17) is 0 Å². The van der Waals surface area contributed by atoms with Crippen molar-refractivity contribution in [1.82, 2.24) is 4.57 Å². The summed E-state index contributed by atoms with van der Waals surface area (Å²) in [6.07, 6.45) is 0. The molecule has 1 aromatic heterocycles. The summed E-state index contributed by atoms with van der Waals surface area (Å²) in [7, 11) is 0. The molecule has 0 aliphatic rings. The zero-order valence-electron chi connectivity index (χ0n) is 5.67. The average molecular weight is 411 g/mol. The summed E-state index contributed by atoms with van der Waals surface area (Å²) in [6.45, 7) is 3.03. The Balaban J connectivity index is 3.36. The van der Waals surface area contributed by atoms with Crippen molar-refractivity contribution < 1.29 is 0 Å². The molecule has 1 rings (SSSR count). The monoisotopic (exact) mass is 407 g/mol. The molecule has 0 unspecified atom stereocenters. The molecule has 0 saturated heterocycles. The maximum Gasteiger partial charge on any atom is 0.101 e. The molecular formula is C6H5Br4N. The first-order chi connectivity index (χ1) is 5.09. The summed E-state index contributed by atoms with van der Waals surface area (Å²) in [5.41, 5.74) is 0. The molecule has 0 radical (unpaired) electrons. The number of rotatable bonds is 1. The van der Waals surface area contributed by atoms with Gasteiger partial charge in [-0.15, -0.1) is 0 Å². The number of hydrogen-bond acceptors (Lipinski definition) is 0. The first-order valence-electron chi connectivity index (χ1n) is 2.98. The molecule has 0 saturated carbocycles. The second-order valence-corrected chi connectivity index (χ2v) is 5.04. The van der Waals surface area contributed by atoms with Crippen LogP contribution in [0.5, 0.6) is 0 Å². The molecule has 0 N–H and O–H groups in total. The van der Waals surface area contributed by atoms with E-state index in [-0.39, 0.29) is 0 Å². The SMILES string of the molecule is CCn1c(Br)c(Br)c(Br)c1Br. The fraction of sp³-hybridized carbons (Fsp3) is 0.333. The van der Waals surface area contributed by atoms with E-state index in [9.17, 15) is 0 Å². The zero-order valence-corrected chi connectivity index (χ0v) is 12.0. The van der Waals surface area contributed by atoms with Crippen LogP contribution in [0.2, 0.25) is 0 Å². The Morgan fingerprint density at radius 1 is 1.00 bits per heavy atom.